The van der Waals surface area contributed by atoms with Crippen LogP contribution in [-0.2, 0) is 19.9 Å². The van der Waals surface area contributed by atoms with Crippen LogP contribution in [0.1, 0.15) is 52.5 Å². The lowest BCUT2D eigenvalue weighted by Gasteiger charge is -2.32. The van der Waals surface area contributed by atoms with Gasteiger partial charge in [-0.25, -0.2) is 4.79 Å². The van der Waals surface area contributed by atoms with E-state index in [2.05, 4.69) is 26.8 Å². The summed E-state index contributed by atoms with van der Waals surface area (Å²) < 4.78 is 51.8. The standard InChI is InChI=1S/C24H31F3O3/c1-6-18(13-15-19-14-12-17(2)22(19,3)4)16-30-21(28)23(29-5,24(25,26)27)20-10-8-7-9-11-20/h7-13,19H,6,14-16H2,1-5H3/t19-,23?/m0/s1. The molecule has 0 radical (unpaired) electrons. The predicted molar refractivity (Wildman–Crippen MR) is 111 cm³/mol. The van der Waals surface area contributed by atoms with Gasteiger partial charge in [0.15, 0.2) is 0 Å². The maximum Gasteiger partial charge on any atom is 0.432 e. The van der Waals surface area contributed by atoms with E-state index in [4.69, 9.17) is 9.47 Å². The van der Waals surface area contributed by atoms with Crippen LogP contribution in [0.4, 0.5) is 13.2 Å². The molecular formula is C24H31F3O3. The molecule has 1 unspecified atom stereocenters. The topological polar surface area (TPSA) is 35.5 Å². The van der Waals surface area contributed by atoms with E-state index >= 15 is 0 Å². The number of hydrogen-bond acceptors (Lipinski definition) is 3. The molecule has 0 heterocycles. The molecule has 0 amide bonds. The molecule has 0 aliphatic heterocycles. The highest BCUT2D eigenvalue weighted by Gasteiger charge is 2.64. The smallest absolute Gasteiger partial charge is 0.432 e. The number of benzene rings is 1. The summed E-state index contributed by atoms with van der Waals surface area (Å²) >= 11 is 0. The van der Waals surface area contributed by atoms with Crippen molar-refractivity contribution >= 4 is 5.97 Å². The first-order valence-corrected chi connectivity index (χ1v) is 10.2. The van der Waals surface area contributed by atoms with Gasteiger partial charge >= 0.3 is 12.1 Å². The Balaban J connectivity index is 2.16. The molecule has 1 aromatic carbocycles. The van der Waals surface area contributed by atoms with Crippen LogP contribution in [0, 0.1) is 11.3 Å². The Kier molecular flexibility index (Phi) is 7.56. The second-order valence-corrected chi connectivity index (χ2v) is 8.32. The fourth-order valence-electron chi connectivity index (χ4n) is 3.85. The fraction of sp³-hybridized carbons (Fsp3) is 0.542. The van der Waals surface area contributed by atoms with Crippen LogP contribution in [0.5, 0.6) is 0 Å². The first kappa shape index (κ1) is 24.2. The van der Waals surface area contributed by atoms with Gasteiger partial charge in [-0.1, -0.05) is 68.8 Å². The molecule has 0 N–H and O–H groups in total. The molecule has 3 nitrogen and oxygen atoms in total. The molecule has 0 fully saturated rings. The number of hydrogen-bond donors (Lipinski definition) is 0. The molecule has 1 aliphatic rings. The highest BCUT2D eigenvalue weighted by Crippen LogP contribution is 2.45. The van der Waals surface area contributed by atoms with Crippen molar-refractivity contribution in [2.24, 2.45) is 11.3 Å². The Bertz CT molecular complexity index is 794. The van der Waals surface area contributed by atoms with Crippen LogP contribution in [0.2, 0.25) is 0 Å². The van der Waals surface area contributed by atoms with Crippen LogP contribution < -0.4 is 0 Å². The van der Waals surface area contributed by atoms with Gasteiger partial charge in [0.25, 0.3) is 5.60 Å². The van der Waals surface area contributed by atoms with E-state index in [1.165, 1.54) is 29.8 Å². The predicted octanol–water partition coefficient (Wildman–Crippen LogP) is 6.35. The van der Waals surface area contributed by atoms with Crippen molar-refractivity contribution in [1.82, 2.24) is 0 Å². The van der Waals surface area contributed by atoms with Crippen molar-refractivity contribution < 1.29 is 27.4 Å². The third-order valence-electron chi connectivity index (χ3n) is 6.45. The van der Waals surface area contributed by atoms with Gasteiger partial charge in [0.2, 0.25) is 0 Å². The maximum atomic E-state index is 13.9. The van der Waals surface area contributed by atoms with E-state index in [1.54, 1.807) is 6.07 Å². The van der Waals surface area contributed by atoms with Crippen molar-refractivity contribution in [1.29, 1.82) is 0 Å². The SMILES string of the molecule is CCC(=CC[C@@H]1CC=C(C)C1(C)C)COC(=O)C(OC)(c1ccccc1)C(F)(F)F. The Labute approximate surface area is 177 Å². The zero-order chi connectivity index (χ0) is 22.6. The minimum Gasteiger partial charge on any atom is -0.459 e. The zero-order valence-electron chi connectivity index (χ0n) is 18.3. The second kappa shape index (κ2) is 9.38. The highest BCUT2D eigenvalue weighted by atomic mass is 19.4. The van der Waals surface area contributed by atoms with Crippen LogP contribution in [0.25, 0.3) is 0 Å². The Hall–Kier alpha value is -2.08. The number of methoxy groups -OCH3 is 1. The summed E-state index contributed by atoms with van der Waals surface area (Å²) in [5.41, 5.74) is -1.23. The number of alkyl halides is 3. The number of rotatable bonds is 8. The van der Waals surface area contributed by atoms with Gasteiger partial charge in [-0.15, -0.1) is 0 Å². The quantitative estimate of drug-likeness (QED) is 0.360. The average Bonchev–Trinajstić information content (AvgIpc) is 2.95. The van der Waals surface area contributed by atoms with E-state index < -0.39 is 17.7 Å². The van der Waals surface area contributed by atoms with Crippen LogP contribution >= 0.6 is 0 Å². The van der Waals surface area contributed by atoms with Gasteiger partial charge < -0.3 is 9.47 Å². The van der Waals surface area contributed by atoms with E-state index in [-0.39, 0.29) is 17.6 Å². The molecule has 166 valence electrons. The summed E-state index contributed by atoms with van der Waals surface area (Å²) in [5, 5.41) is 0. The normalized spacial score (nSPS) is 21.1. The lowest BCUT2D eigenvalue weighted by atomic mass is 9.76. The third-order valence-corrected chi connectivity index (χ3v) is 6.45. The zero-order valence-corrected chi connectivity index (χ0v) is 18.3. The molecule has 30 heavy (non-hydrogen) atoms. The third kappa shape index (κ3) is 4.64. The number of halogens is 3. The Morgan fingerprint density at radius 2 is 1.87 bits per heavy atom. The molecule has 0 saturated heterocycles. The van der Waals surface area contributed by atoms with E-state index in [1.807, 2.05) is 13.0 Å². The molecule has 1 aliphatic carbocycles. The highest BCUT2D eigenvalue weighted by molar-refractivity contribution is 5.82. The van der Waals surface area contributed by atoms with E-state index in [0.29, 0.717) is 12.3 Å². The molecule has 2 rings (SSSR count). The van der Waals surface area contributed by atoms with Gasteiger partial charge in [-0.3, -0.25) is 0 Å². The molecule has 0 spiro atoms. The van der Waals surface area contributed by atoms with Gasteiger partial charge in [0.1, 0.15) is 6.61 Å². The number of carbonyl (C=O) groups excluding carboxylic acids is 1. The summed E-state index contributed by atoms with van der Waals surface area (Å²) in [4.78, 5) is 12.7. The molecular weight excluding hydrogens is 393 g/mol. The van der Waals surface area contributed by atoms with Crippen molar-refractivity contribution in [3.8, 4) is 0 Å². The molecule has 2 atom stereocenters. The monoisotopic (exact) mass is 424 g/mol. The molecule has 0 bridgehead atoms. The summed E-state index contributed by atoms with van der Waals surface area (Å²) in [5.74, 6) is -1.03. The number of esters is 1. The summed E-state index contributed by atoms with van der Waals surface area (Å²) in [6, 6.07) is 6.86. The molecule has 6 heteroatoms. The largest absolute Gasteiger partial charge is 0.459 e. The van der Waals surface area contributed by atoms with Crippen molar-refractivity contribution in [3.63, 3.8) is 0 Å². The van der Waals surface area contributed by atoms with E-state index in [9.17, 15) is 18.0 Å². The van der Waals surface area contributed by atoms with Gasteiger partial charge in [-0.05, 0) is 43.1 Å². The van der Waals surface area contributed by atoms with Crippen molar-refractivity contribution in [3.05, 3.63) is 59.2 Å². The van der Waals surface area contributed by atoms with Crippen molar-refractivity contribution in [2.45, 2.75) is 58.7 Å². The number of carbonyl (C=O) groups is 1. The minimum absolute atomic E-state index is 0.0842. The average molecular weight is 425 g/mol. The van der Waals surface area contributed by atoms with Gasteiger partial charge in [-0.2, -0.15) is 13.2 Å². The van der Waals surface area contributed by atoms with E-state index in [0.717, 1.165) is 25.5 Å². The second-order valence-electron chi connectivity index (χ2n) is 8.32. The maximum absolute atomic E-state index is 13.9. The lowest BCUT2D eigenvalue weighted by Crippen LogP contribution is -2.51. The number of ether oxygens (including phenoxy) is 2. The number of allylic oxidation sites excluding steroid dienone is 3. The van der Waals surface area contributed by atoms with Crippen LogP contribution in [0.3, 0.4) is 0 Å². The lowest BCUT2D eigenvalue weighted by molar-refractivity contribution is -0.276. The summed E-state index contributed by atoms with van der Waals surface area (Å²) in [7, 11) is 0.871. The van der Waals surface area contributed by atoms with Crippen LogP contribution in [0.15, 0.2) is 53.6 Å². The molecule has 0 aromatic heterocycles. The Morgan fingerprint density at radius 1 is 1.23 bits per heavy atom. The minimum atomic E-state index is -4.96. The van der Waals surface area contributed by atoms with Gasteiger partial charge in [0, 0.05) is 12.7 Å². The fourth-order valence-corrected chi connectivity index (χ4v) is 3.85. The van der Waals surface area contributed by atoms with Gasteiger partial charge in [0.05, 0.1) is 0 Å². The molecule has 0 saturated carbocycles. The summed E-state index contributed by atoms with van der Waals surface area (Å²) in [6.45, 7) is 8.23. The van der Waals surface area contributed by atoms with Crippen LogP contribution in [-0.4, -0.2) is 25.9 Å². The van der Waals surface area contributed by atoms with Crippen molar-refractivity contribution in [2.75, 3.05) is 13.7 Å². The first-order chi connectivity index (χ1) is 14.0. The Morgan fingerprint density at radius 3 is 2.33 bits per heavy atom. The summed E-state index contributed by atoms with van der Waals surface area (Å²) in [6.07, 6.45) is 1.62. The first-order valence-electron chi connectivity index (χ1n) is 10.2. The molecule has 1 aromatic rings.